The van der Waals surface area contributed by atoms with Crippen molar-refractivity contribution in [1.29, 1.82) is 0 Å². The summed E-state index contributed by atoms with van der Waals surface area (Å²) in [5.74, 6) is 0. The lowest BCUT2D eigenvalue weighted by molar-refractivity contribution is -0.660. The Hall–Kier alpha value is -3.90. The molecule has 0 aliphatic rings. The number of nitrogens with zero attached hydrogens (tertiary/aromatic N) is 2. The zero-order valence-corrected chi connectivity index (χ0v) is 15.6. The monoisotopic (exact) mass is 384 g/mol. The molecule has 0 fully saturated rings. The molecule has 138 valence electrons. The third-order valence-electron chi connectivity index (χ3n) is 4.91. The van der Waals surface area contributed by atoms with Gasteiger partial charge >= 0.3 is 0 Å². The Balaban J connectivity index is 1.92. The summed E-state index contributed by atoms with van der Waals surface area (Å²) in [4.78, 5) is 3.63. The van der Waals surface area contributed by atoms with Crippen molar-refractivity contribution in [2.24, 2.45) is 7.05 Å². The maximum Gasteiger partial charge on any atom is 0.237 e. The molecule has 0 N–H and O–H groups in total. The lowest BCUT2D eigenvalue weighted by atomic mass is 9.98. The summed E-state index contributed by atoms with van der Waals surface area (Å²) in [6, 6.07) is 3.38. The summed E-state index contributed by atoms with van der Waals surface area (Å²) < 4.78 is 81.2. The van der Waals surface area contributed by atoms with E-state index in [9.17, 15) is 0 Å². The minimum absolute atomic E-state index is 0.0276. The Morgan fingerprint density at radius 1 is 0.931 bits per heavy atom. The molecule has 0 amide bonds. The number of rotatable bonds is 2. The molecule has 29 heavy (non-hydrogen) atoms. The fraction of sp³-hybridized carbons (Fsp3) is 0.0769. The van der Waals surface area contributed by atoms with Crippen LogP contribution in [0.5, 0.6) is 0 Å². The lowest BCUT2D eigenvalue weighted by Crippen LogP contribution is -2.30. The second kappa shape index (κ2) is 6.61. The normalized spacial score (nSPS) is 15.4. The SMILES string of the molecule is [2H]c1c([2H])c([2H])c(-c2ccc3c(oc4c(-c5c([2H])c([2H])c([2H])c([2H])[n+]5C)c(C)ccc43)c2[N+]#[C-])c([2H])c1[2H]. The van der Waals surface area contributed by atoms with Gasteiger partial charge in [0.15, 0.2) is 6.17 Å². The van der Waals surface area contributed by atoms with Crippen molar-refractivity contribution in [3.63, 3.8) is 0 Å². The van der Waals surface area contributed by atoms with Gasteiger partial charge in [0, 0.05) is 22.9 Å². The maximum absolute atomic E-state index is 8.55. The molecule has 0 bridgehead atoms. The Morgan fingerprint density at radius 3 is 2.45 bits per heavy atom. The van der Waals surface area contributed by atoms with E-state index in [1.807, 2.05) is 0 Å². The number of benzene rings is 3. The lowest BCUT2D eigenvalue weighted by Gasteiger charge is -2.05. The minimum atomic E-state index is -0.529. The highest BCUT2D eigenvalue weighted by molar-refractivity contribution is 6.14. The standard InChI is InChI=1S/C26H19N2O/c1-17-12-13-20-21-15-14-19(18-9-5-4-6-10-18)24(27-2)26(21)29-25(20)23(17)22-11-7-8-16-28(22)3/h4-16H,1,3H3/q+1/i4D,5D,6D,7D,8D,9D,10D,11D,16D. The van der Waals surface area contributed by atoms with Crippen LogP contribution in [0.1, 0.15) is 17.9 Å². The minimum Gasteiger partial charge on any atom is -0.466 e. The molecule has 0 saturated heterocycles. The first-order valence-electron chi connectivity index (χ1n) is 13.3. The van der Waals surface area contributed by atoms with Crippen LogP contribution in [-0.2, 0) is 7.05 Å². The first-order valence-corrected chi connectivity index (χ1v) is 8.82. The van der Waals surface area contributed by atoms with E-state index in [4.69, 9.17) is 23.3 Å². The van der Waals surface area contributed by atoms with E-state index >= 15 is 0 Å². The van der Waals surface area contributed by atoms with E-state index < -0.39 is 30.2 Å². The highest BCUT2D eigenvalue weighted by Crippen LogP contribution is 2.44. The van der Waals surface area contributed by atoms with Crippen LogP contribution in [0.3, 0.4) is 0 Å². The molecule has 3 aromatic carbocycles. The van der Waals surface area contributed by atoms with Crippen molar-refractivity contribution < 1.29 is 21.3 Å². The number of aryl methyl sites for hydroxylation is 1. The molecule has 5 rings (SSSR count). The molecule has 2 aromatic heterocycles. The number of hydrogen-bond donors (Lipinski definition) is 0. The molecule has 0 aliphatic carbocycles. The van der Waals surface area contributed by atoms with Gasteiger partial charge < -0.3 is 4.42 Å². The summed E-state index contributed by atoms with van der Waals surface area (Å²) >= 11 is 0. The zero-order chi connectivity index (χ0) is 27.8. The Bertz CT molecular complexity index is 1850. The van der Waals surface area contributed by atoms with Crippen LogP contribution in [0.25, 0.3) is 49.2 Å². The molecule has 0 saturated carbocycles. The largest absolute Gasteiger partial charge is 0.466 e. The van der Waals surface area contributed by atoms with Crippen molar-refractivity contribution in [3.05, 3.63) is 95.8 Å². The van der Waals surface area contributed by atoms with Crippen LogP contribution in [0, 0.1) is 13.5 Å². The smallest absolute Gasteiger partial charge is 0.237 e. The molecule has 0 aliphatic heterocycles. The van der Waals surface area contributed by atoms with E-state index in [2.05, 4.69) is 4.85 Å². The quantitative estimate of drug-likeness (QED) is 0.248. The highest BCUT2D eigenvalue weighted by atomic mass is 16.3. The van der Waals surface area contributed by atoms with Crippen LogP contribution < -0.4 is 4.57 Å². The summed E-state index contributed by atoms with van der Waals surface area (Å²) in [5, 5.41) is 1.15. The van der Waals surface area contributed by atoms with E-state index in [1.54, 1.807) is 25.1 Å². The van der Waals surface area contributed by atoms with Crippen LogP contribution >= 0.6 is 0 Å². The van der Waals surface area contributed by atoms with Gasteiger partial charge in [-0.3, -0.25) is 0 Å². The van der Waals surface area contributed by atoms with Gasteiger partial charge in [-0.15, -0.1) is 0 Å². The van der Waals surface area contributed by atoms with Gasteiger partial charge in [-0.25, -0.2) is 9.41 Å². The molecule has 0 radical (unpaired) electrons. The molecule has 0 atom stereocenters. The van der Waals surface area contributed by atoms with Gasteiger partial charge in [0.2, 0.25) is 11.4 Å². The van der Waals surface area contributed by atoms with Gasteiger partial charge in [0.1, 0.15) is 19.6 Å². The molecular formula is C26H19N2O+. The summed E-state index contributed by atoms with van der Waals surface area (Å²) in [5.41, 5.74) is 1.80. The number of pyridine rings is 1. The van der Waals surface area contributed by atoms with E-state index in [1.165, 1.54) is 17.7 Å². The third-order valence-corrected chi connectivity index (χ3v) is 4.91. The van der Waals surface area contributed by atoms with Crippen molar-refractivity contribution >= 4 is 27.6 Å². The number of fused-ring (bicyclic) bond motifs is 3. The summed E-state index contributed by atoms with van der Waals surface area (Å²) in [6.07, 6.45) is -0.237. The number of hydrogen-bond acceptors (Lipinski definition) is 1. The van der Waals surface area contributed by atoms with E-state index in [0.29, 0.717) is 27.5 Å². The molecule has 3 nitrogen and oxygen atoms in total. The van der Waals surface area contributed by atoms with Crippen LogP contribution in [0.2, 0.25) is 0 Å². The molecule has 2 heterocycles. The second-order valence-corrected chi connectivity index (χ2v) is 6.58. The van der Waals surface area contributed by atoms with Gasteiger partial charge in [0.05, 0.1) is 23.1 Å². The average Bonchev–Trinajstić information content (AvgIpc) is 3.28. The van der Waals surface area contributed by atoms with Crippen molar-refractivity contribution in [2.45, 2.75) is 6.92 Å². The zero-order valence-electron chi connectivity index (χ0n) is 24.6. The second-order valence-electron chi connectivity index (χ2n) is 6.58. The van der Waals surface area contributed by atoms with Crippen molar-refractivity contribution in [3.8, 4) is 22.4 Å². The predicted molar refractivity (Wildman–Crippen MR) is 117 cm³/mol. The molecule has 3 heteroatoms. The van der Waals surface area contributed by atoms with Crippen LogP contribution in [0.15, 0.2) is 83.2 Å². The topological polar surface area (TPSA) is 21.4 Å². The Labute approximate surface area is 181 Å². The Kier molecular flexibility index (Phi) is 2.29. The molecule has 5 aromatic rings. The molecule has 0 unspecified atom stereocenters. The Morgan fingerprint density at radius 2 is 1.66 bits per heavy atom. The molecule has 0 spiro atoms. The number of aromatic nitrogens is 1. The van der Waals surface area contributed by atoms with Gasteiger partial charge in [0.25, 0.3) is 0 Å². The fourth-order valence-corrected chi connectivity index (χ4v) is 3.55. The van der Waals surface area contributed by atoms with E-state index in [0.717, 1.165) is 0 Å². The summed E-state index contributed by atoms with van der Waals surface area (Å²) in [6.45, 7) is 9.68. The summed E-state index contributed by atoms with van der Waals surface area (Å²) in [7, 11) is 1.54. The highest BCUT2D eigenvalue weighted by Gasteiger charge is 2.22. The number of furan rings is 1. The van der Waals surface area contributed by atoms with E-state index in [-0.39, 0.29) is 52.4 Å². The van der Waals surface area contributed by atoms with Crippen LogP contribution in [-0.4, -0.2) is 0 Å². The average molecular weight is 385 g/mol. The van der Waals surface area contributed by atoms with Gasteiger partial charge in [-0.05, 0) is 29.7 Å². The van der Waals surface area contributed by atoms with Crippen molar-refractivity contribution in [1.82, 2.24) is 0 Å². The first kappa shape index (κ1) is 10.0. The fourth-order valence-electron chi connectivity index (χ4n) is 3.55. The maximum atomic E-state index is 8.55. The molecular weight excluding hydrogens is 356 g/mol. The predicted octanol–water partition coefficient (Wildman–Crippen LogP) is 6.60. The third kappa shape index (κ3) is 2.61. The van der Waals surface area contributed by atoms with Gasteiger partial charge in [-0.2, -0.15) is 0 Å². The van der Waals surface area contributed by atoms with Gasteiger partial charge in [-0.1, -0.05) is 54.5 Å². The van der Waals surface area contributed by atoms with Crippen molar-refractivity contribution in [2.75, 3.05) is 0 Å². The van der Waals surface area contributed by atoms with Crippen LogP contribution in [0.4, 0.5) is 5.69 Å². The first-order chi connectivity index (χ1) is 17.9.